The summed E-state index contributed by atoms with van der Waals surface area (Å²) in [7, 11) is 0. The summed E-state index contributed by atoms with van der Waals surface area (Å²) in [4.78, 5) is 12.0. The summed E-state index contributed by atoms with van der Waals surface area (Å²) < 4.78 is 0. The molecule has 1 rings (SSSR count). The molecule has 1 aromatic carbocycles. The summed E-state index contributed by atoms with van der Waals surface area (Å²) >= 11 is 0. The van der Waals surface area contributed by atoms with Gasteiger partial charge in [0.25, 0.3) is 0 Å². The summed E-state index contributed by atoms with van der Waals surface area (Å²) in [5.74, 6) is 0.348. The number of hydrogen-bond donors (Lipinski definition) is 1. The second-order valence-electron chi connectivity index (χ2n) is 5.81. The van der Waals surface area contributed by atoms with Gasteiger partial charge in [-0.3, -0.25) is 4.79 Å². The zero-order valence-corrected chi connectivity index (χ0v) is 13.0. The van der Waals surface area contributed by atoms with Gasteiger partial charge >= 0.3 is 0 Å². The molecule has 0 aliphatic carbocycles. The van der Waals surface area contributed by atoms with E-state index in [2.05, 4.69) is 52.1 Å². The second kappa shape index (κ2) is 7.44. The van der Waals surface area contributed by atoms with Crippen molar-refractivity contribution in [2.75, 3.05) is 6.54 Å². The SMILES string of the molecule is Cc1cc(C)c(CC(=O)CCCNC(C)C)c(C)c1. The number of aryl methyl sites for hydroxylation is 3. The molecule has 0 aliphatic heterocycles. The van der Waals surface area contributed by atoms with Crippen molar-refractivity contribution in [3.63, 3.8) is 0 Å². The van der Waals surface area contributed by atoms with Gasteiger partial charge in [-0.2, -0.15) is 0 Å². The molecular weight excluding hydrogens is 234 g/mol. The Morgan fingerprint density at radius 1 is 1.16 bits per heavy atom. The number of hydrogen-bond acceptors (Lipinski definition) is 2. The van der Waals surface area contributed by atoms with E-state index in [1.807, 2.05) is 0 Å². The van der Waals surface area contributed by atoms with Crippen molar-refractivity contribution in [3.8, 4) is 0 Å². The van der Waals surface area contributed by atoms with E-state index in [9.17, 15) is 4.79 Å². The molecule has 1 aromatic rings. The topological polar surface area (TPSA) is 29.1 Å². The van der Waals surface area contributed by atoms with Crippen molar-refractivity contribution in [1.29, 1.82) is 0 Å². The first-order valence-corrected chi connectivity index (χ1v) is 7.22. The third-order valence-corrected chi connectivity index (χ3v) is 3.40. The minimum Gasteiger partial charge on any atom is -0.315 e. The van der Waals surface area contributed by atoms with Gasteiger partial charge in [-0.1, -0.05) is 31.5 Å². The molecule has 0 radical (unpaired) electrons. The first-order valence-electron chi connectivity index (χ1n) is 7.22. The average Bonchev–Trinajstić information content (AvgIpc) is 2.29. The van der Waals surface area contributed by atoms with Crippen LogP contribution in [-0.4, -0.2) is 18.4 Å². The van der Waals surface area contributed by atoms with Gasteiger partial charge in [-0.15, -0.1) is 0 Å². The largest absolute Gasteiger partial charge is 0.315 e. The first-order chi connectivity index (χ1) is 8.90. The standard InChI is InChI=1S/C17H27NO/c1-12(2)18-8-6-7-16(19)11-17-14(4)9-13(3)10-15(17)5/h9-10,12,18H,6-8,11H2,1-5H3. The minimum atomic E-state index is 0.348. The molecule has 0 unspecified atom stereocenters. The lowest BCUT2D eigenvalue weighted by atomic mass is 9.95. The molecule has 0 spiro atoms. The third kappa shape index (κ3) is 5.56. The van der Waals surface area contributed by atoms with Crippen LogP contribution in [0.5, 0.6) is 0 Å². The van der Waals surface area contributed by atoms with Crippen LogP contribution in [0.1, 0.15) is 48.9 Å². The molecule has 0 atom stereocenters. The van der Waals surface area contributed by atoms with Crippen molar-refractivity contribution < 1.29 is 4.79 Å². The Balaban J connectivity index is 2.49. The van der Waals surface area contributed by atoms with Crippen LogP contribution in [0, 0.1) is 20.8 Å². The molecule has 0 saturated heterocycles. The lowest BCUT2D eigenvalue weighted by molar-refractivity contribution is -0.118. The van der Waals surface area contributed by atoms with Crippen LogP contribution >= 0.6 is 0 Å². The van der Waals surface area contributed by atoms with Gasteiger partial charge in [-0.05, 0) is 50.4 Å². The summed E-state index contributed by atoms with van der Waals surface area (Å²) in [6.07, 6.45) is 2.19. The van der Waals surface area contributed by atoms with Crippen LogP contribution in [0.25, 0.3) is 0 Å². The van der Waals surface area contributed by atoms with E-state index in [1.54, 1.807) is 0 Å². The van der Waals surface area contributed by atoms with Crippen LogP contribution in [0.3, 0.4) is 0 Å². The van der Waals surface area contributed by atoms with Crippen molar-refractivity contribution in [1.82, 2.24) is 5.32 Å². The lowest BCUT2D eigenvalue weighted by Gasteiger charge is -2.11. The highest BCUT2D eigenvalue weighted by Crippen LogP contribution is 2.17. The molecular formula is C17H27NO. The Morgan fingerprint density at radius 2 is 1.74 bits per heavy atom. The Kier molecular flexibility index (Phi) is 6.23. The summed E-state index contributed by atoms with van der Waals surface area (Å²) in [5.41, 5.74) is 4.97. The van der Waals surface area contributed by atoms with E-state index in [4.69, 9.17) is 0 Å². The Morgan fingerprint density at radius 3 is 2.26 bits per heavy atom. The van der Waals surface area contributed by atoms with E-state index in [1.165, 1.54) is 22.3 Å². The van der Waals surface area contributed by atoms with Gasteiger partial charge in [0.05, 0.1) is 0 Å². The molecule has 2 heteroatoms. The van der Waals surface area contributed by atoms with Gasteiger partial charge in [0.15, 0.2) is 0 Å². The number of Topliss-reactive ketones (excluding diaryl/α,β-unsaturated/α-hetero) is 1. The van der Waals surface area contributed by atoms with Crippen molar-refractivity contribution >= 4 is 5.78 Å². The third-order valence-electron chi connectivity index (χ3n) is 3.40. The van der Waals surface area contributed by atoms with E-state index >= 15 is 0 Å². The fourth-order valence-electron chi connectivity index (χ4n) is 2.45. The van der Waals surface area contributed by atoms with Gasteiger partial charge in [-0.25, -0.2) is 0 Å². The molecule has 106 valence electrons. The van der Waals surface area contributed by atoms with Gasteiger partial charge < -0.3 is 5.32 Å². The van der Waals surface area contributed by atoms with E-state index < -0.39 is 0 Å². The monoisotopic (exact) mass is 261 g/mol. The summed E-state index contributed by atoms with van der Waals surface area (Å²) in [6.45, 7) is 11.5. The number of benzene rings is 1. The second-order valence-corrected chi connectivity index (χ2v) is 5.81. The normalized spacial score (nSPS) is 11.1. The van der Waals surface area contributed by atoms with Crippen LogP contribution < -0.4 is 5.32 Å². The fraction of sp³-hybridized carbons (Fsp3) is 0.588. The van der Waals surface area contributed by atoms with Crippen LogP contribution in [0.2, 0.25) is 0 Å². The van der Waals surface area contributed by atoms with Crippen molar-refractivity contribution in [3.05, 3.63) is 34.4 Å². The highest BCUT2D eigenvalue weighted by molar-refractivity contribution is 5.81. The maximum absolute atomic E-state index is 12.0. The predicted molar refractivity (Wildman–Crippen MR) is 81.7 cm³/mol. The number of rotatable bonds is 7. The zero-order chi connectivity index (χ0) is 14.4. The molecule has 0 saturated carbocycles. The van der Waals surface area contributed by atoms with E-state index in [0.29, 0.717) is 24.7 Å². The highest BCUT2D eigenvalue weighted by atomic mass is 16.1. The molecule has 19 heavy (non-hydrogen) atoms. The Bertz CT molecular complexity index is 412. The summed E-state index contributed by atoms with van der Waals surface area (Å²) in [6, 6.07) is 4.82. The smallest absolute Gasteiger partial charge is 0.137 e. The fourth-order valence-corrected chi connectivity index (χ4v) is 2.45. The average molecular weight is 261 g/mol. The van der Waals surface area contributed by atoms with Crippen molar-refractivity contribution in [2.24, 2.45) is 0 Å². The number of nitrogens with one attached hydrogen (secondary N) is 1. The van der Waals surface area contributed by atoms with E-state index in [-0.39, 0.29) is 0 Å². The molecule has 0 aromatic heterocycles. The molecule has 0 amide bonds. The molecule has 1 N–H and O–H groups in total. The van der Waals surface area contributed by atoms with Crippen LogP contribution in [-0.2, 0) is 11.2 Å². The predicted octanol–water partition coefficient (Wildman–Crippen LogP) is 3.50. The molecule has 0 heterocycles. The van der Waals surface area contributed by atoms with Gasteiger partial charge in [0, 0.05) is 18.9 Å². The summed E-state index contributed by atoms with van der Waals surface area (Å²) in [5, 5.41) is 3.34. The quantitative estimate of drug-likeness (QED) is 0.761. The molecule has 0 bridgehead atoms. The van der Waals surface area contributed by atoms with Crippen LogP contribution in [0.4, 0.5) is 0 Å². The van der Waals surface area contributed by atoms with Gasteiger partial charge in [0.1, 0.15) is 5.78 Å². The molecule has 0 aliphatic rings. The Hall–Kier alpha value is -1.15. The molecule has 2 nitrogen and oxygen atoms in total. The van der Waals surface area contributed by atoms with Crippen molar-refractivity contribution in [2.45, 2.75) is 59.9 Å². The maximum Gasteiger partial charge on any atom is 0.137 e. The molecule has 0 fully saturated rings. The highest BCUT2D eigenvalue weighted by Gasteiger charge is 2.09. The Labute approximate surface area is 117 Å². The zero-order valence-electron chi connectivity index (χ0n) is 13.0. The number of carbonyl (C=O) groups is 1. The number of carbonyl (C=O) groups excluding carboxylic acids is 1. The lowest BCUT2D eigenvalue weighted by Crippen LogP contribution is -2.24. The minimum absolute atomic E-state index is 0.348. The van der Waals surface area contributed by atoms with Crippen LogP contribution in [0.15, 0.2) is 12.1 Å². The van der Waals surface area contributed by atoms with E-state index in [0.717, 1.165) is 13.0 Å². The van der Waals surface area contributed by atoms with Gasteiger partial charge in [0.2, 0.25) is 0 Å². The first kappa shape index (κ1) is 15.9. The maximum atomic E-state index is 12.0. The number of ketones is 1.